The molecule has 2 aromatic carbocycles. The second-order valence-corrected chi connectivity index (χ2v) is 28.9. The van der Waals surface area contributed by atoms with Crippen LogP contribution >= 0.6 is 11.8 Å². The summed E-state index contributed by atoms with van der Waals surface area (Å²) in [5, 5.41) is 55.1. The number of benzene rings is 2. The van der Waals surface area contributed by atoms with Gasteiger partial charge >= 0.3 is 0 Å². The summed E-state index contributed by atoms with van der Waals surface area (Å²) in [6, 6.07) is -3.86. The number of hydrogen-bond donors (Lipinski definition) is 24. The van der Waals surface area contributed by atoms with Gasteiger partial charge in [0.05, 0.1) is 19.1 Å². The predicted octanol–water partition coefficient (Wildman–Crippen LogP) is -7.74. The van der Waals surface area contributed by atoms with E-state index in [1.165, 1.54) is 26.0 Å². The van der Waals surface area contributed by atoms with E-state index in [1.807, 2.05) is 0 Å². The Balaban J connectivity index is 1.91. The second-order valence-electron chi connectivity index (χ2n) is 27.7. The van der Waals surface area contributed by atoms with E-state index in [1.54, 1.807) is 42.6 Å². The topological polar surface area (TPSA) is 710 Å². The number of carbonyl (C=O) groups excluding carboxylic acids is 17. The number of aliphatic hydroxyl groups is 1. The van der Waals surface area contributed by atoms with E-state index < -0.39 is 223 Å². The maximum atomic E-state index is 15.4. The maximum absolute atomic E-state index is 15.4. The Morgan fingerprint density at radius 3 is 1.83 bits per heavy atom. The maximum Gasteiger partial charge on any atom is 0.246 e. The van der Waals surface area contributed by atoms with Crippen LogP contribution in [0.1, 0.15) is 129 Å². The van der Waals surface area contributed by atoms with Gasteiger partial charge in [0, 0.05) is 82.0 Å². The second kappa shape index (κ2) is 49.0. The van der Waals surface area contributed by atoms with Crippen molar-refractivity contribution < 1.29 is 91.4 Å². The minimum Gasteiger partial charge on any atom is -0.492 e. The molecule has 43 heteroatoms. The lowest BCUT2D eigenvalue weighted by atomic mass is 9.91. The number of nitrogens with two attached hydrogens (primary N) is 7. The van der Waals surface area contributed by atoms with Gasteiger partial charge in [0.15, 0.2) is 5.96 Å². The zero-order valence-corrected chi connectivity index (χ0v) is 65.6. The molecule has 1 aliphatic heterocycles. The number of fused-ring (bicyclic) bond motifs is 1. The molecule has 1 fully saturated rings. The standard InChI is InChI=1S/C72H111N23O19S/c1-38(96)59-69(112)91-52(33-42-35-83-45-13-6-5-12-44(42)45)66(109)88-48(20-22-55(75)99)62(105)92-54(37-115-31-24-50(85-40(3)98)63(106)87-49(64(107)94-59)21-23-56(76)100)67(110)89-51(32-41-16-18-43(19-17-41)114-30-27-74)65(108)86-47(15-11-29-82-71(79)80)68(111)95-72(4,25-8-9-26-73)70(113)93-46(14-7-10-28-81-39(2)97)61(104)90-53(34-57(77)101)60(103)84-36-58(78)102/h5-6,12-13,16-19,35,38,46-54,59,83,96H,7-11,14-15,20-34,36-37,73-74H2,1-4H3,(H2,75,99)(H2,76,100)(H2,77,101)(H2,78,102)(H,81,97)(H,84,103)(H,85,98)(H,86,108)(H,87,106)(H,88,109)(H,89,110)(H,90,104)(H,91,112)(H,92,105)(H,93,113)(H,94,107)(H,95,111)(H4,79,80,82)/t38-,46+,47+,48+,49+,50+,51+,52+,53+,54+,59+,72+/m1/s1. The molecule has 115 heavy (non-hydrogen) atoms. The van der Waals surface area contributed by atoms with Crippen LogP contribution in [0, 0.1) is 5.41 Å². The molecular formula is C72H111N23O19S. The van der Waals surface area contributed by atoms with Crippen LogP contribution in [0.5, 0.6) is 5.75 Å². The van der Waals surface area contributed by atoms with E-state index >= 15 is 24.0 Å². The van der Waals surface area contributed by atoms with Gasteiger partial charge in [-0.25, -0.2) is 0 Å². The third-order valence-electron chi connectivity index (χ3n) is 18.0. The van der Waals surface area contributed by atoms with Gasteiger partial charge in [0.1, 0.15) is 78.3 Å². The lowest BCUT2D eigenvalue weighted by molar-refractivity contribution is -0.138. The largest absolute Gasteiger partial charge is 0.492 e. The summed E-state index contributed by atoms with van der Waals surface area (Å²) in [7, 11) is 0. The number of rotatable bonds is 43. The number of thioether (sulfide) groups is 1. The molecule has 0 saturated carbocycles. The molecule has 0 bridgehead atoms. The molecule has 1 saturated heterocycles. The zero-order valence-electron chi connectivity index (χ0n) is 64.8. The highest BCUT2D eigenvalue weighted by Gasteiger charge is 2.42. The van der Waals surface area contributed by atoms with Crippen molar-refractivity contribution in [3.8, 4) is 5.75 Å². The Morgan fingerprint density at radius 1 is 0.617 bits per heavy atom. The van der Waals surface area contributed by atoms with Crippen molar-refractivity contribution in [2.75, 3.05) is 50.8 Å². The molecule has 1 aliphatic rings. The Labute approximate surface area is 667 Å². The molecule has 0 spiro atoms. The summed E-state index contributed by atoms with van der Waals surface area (Å²) in [5.41, 5.74) is 38.3. The van der Waals surface area contributed by atoms with Crippen molar-refractivity contribution in [2.45, 2.75) is 202 Å². The van der Waals surface area contributed by atoms with E-state index in [0.717, 1.165) is 25.6 Å². The molecular weight excluding hydrogens is 1520 g/mol. The summed E-state index contributed by atoms with van der Waals surface area (Å²) < 4.78 is 5.68. The highest BCUT2D eigenvalue weighted by molar-refractivity contribution is 7.99. The van der Waals surface area contributed by atoms with Crippen molar-refractivity contribution in [1.29, 1.82) is 5.41 Å². The number of ether oxygens (including phenoxy) is 1. The van der Waals surface area contributed by atoms with Crippen LogP contribution in [-0.2, 0) is 94.3 Å². The SMILES string of the molecule is CC(=O)NCCCC[C@H](NC(=O)[C@](C)(CCCCN)NC(=O)[C@H](CCCNC(=N)N)NC(=O)[C@H](Cc1ccc(OCCN)cc1)NC(=O)[C@@H]1CSCC[C@H](NC(C)=O)C(=O)N[C@@H](CCC(N)=O)C(=O)N[C@@H]([C@@H](C)O)C(=O)N[C@@H](Cc2c[nH]c3ccccc23)C(=O)N[C@@H](CCC(N)=O)C(=O)N1)C(=O)N[C@@H](CC(N)=O)C(=O)NCC(N)=O. The van der Waals surface area contributed by atoms with Gasteiger partial charge in [-0.3, -0.25) is 86.9 Å². The summed E-state index contributed by atoms with van der Waals surface area (Å²) >= 11 is 0.910. The number of nitrogens with one attached hydrogen (secondary N) is 16. The van der Waals surface area contributed by atoms with Crippen LogP contribution in [0.2, 0.25) is 0 Å². The van der Waals surface area contributed by atoms with Crippen LogP contribution in [0.4, 0.5) is 0 Å². The number of para-hydroxylation sites is 1. The highest BCUT2D eigenvalue weighted by atomic mass is 32.2. The quantitative estimate of drug-likeness (QED) is 0.0142. The molecule has 31 N–H and O–H groups in total. The fourth-order valence-electron chi connectivity index (χ4n) is 11.9. The third kappa shape index (κ3) is 34.6. The molecule has 0 aliphatic carbocycles. The lowest BCUT2D eigenvalue weighted by Gasteiger charge is -2.34. The summed E-state index contributed by atoms with van der Waals surface area (Å²) in [4.78, 5) is 238. The van der Waals surface area contributed by atoms with Gasteiger partial charge in [0.2, 0.25) is 100 Å². The number of primary amides is 4. The molecule has 0 radical (unpaired) electrons. The Bertz CT molecular complexity index is 3900. The van der Waals surface area contributed by atoms with Gasteiger partial charge in [-0.1, -0.05) is 30.3 Å². The first-order chi connectivity index (χ1) is 54.4. The Morgan fingerprint density at radius 2 is 1.22 bits per heavy atom. The number of aromatic nitrogens is 1. The minimum absolute atomic E-state index is 0.0253. The summed E-state index contributed by atoms with van der Waals surface area (Å²) in [6.07, 6.45) is -3.84. The molecule has 4 rings (SSSR count). The average molecular weight is 1630 g/mol. The molecule has 634 valence electrons. The molecule has 2 heterocycles. The van der Waals surface area contributed by atoms with Crippen LogP contribution in [0.25, 0.3) is 10.9 Å². The number of aliphatic hydroxyl groups excluding tert-OH is 1. The number of carbonyl (C=O) groups is 17. The van der Waals surface area contributed by atoms with Gasteiger partial charge in [0.25, 0.3) is 0 Å². The van der Waals surface area contributed by atoms with Crippen molar-refractivity contribution in [3.05, 3.63) is 65.9 Å². The monoisotopic (exact) mass is 1630 g/mol. The van der Waals surface area contributed by atoms with Crippen molar-refractivity contribution in [1.82, 2.24) is 79.4 Å². The van der Waals surface area contributed by atoms with E-state index in [4.69, 9.17) is 50.3 Å². The molecule has 17 amide bonds. The van der Waals surface area contributed by atoms with Gasteiger partial charge in [-0.05, 0) is 126 Å². The van der Waals surface area contributed by atoms with E-state index in [9.17, 15) is 62.6 Å². The number of aromatic amines is 1. The van der Waals surface area contributed by atoms with Gasteiger partial charge in [-0.15, -0.1) is 0 Å². The first-order valence-electron chi connectivity index (χ1n) is 37.4. The first kappa shape index (κ1) is 95.6. The normalized spacial score (nSPS) is 18.9. The molecule has 42 nitrogen and oxygen atoms in total. The average Bonchev–Trinajstić information content (AvgIpc) is 1.78. The first-order valence-corrected chi connectivity index (χ1v) is 38.6. The molecule has 1 aromatic heterocycles. The number of H-pyrrole nitrogens is 1. The Hall–Kier alpha value is -11.7. The molecule has 12 atom stereocenters. The highest BCUT2D eigenvalue weighted by Crippen LogP contribution is 2.22. The van der Waals surface area contributed by atoms with Crippen LogP contribution in [-0.4, -0.2) is 239 Å². The third-order valence-corrected chi connectivity index (χ3v) is 19.1. The summed E-state index contributed by atoms with van der Waals surface area (Å²) in [5.74, 6) is -17.4. The van der Waals surface area contributed by atoms with Crippen molar-refractivity contribution in [3.63, 3.8) is 0 Å². The number of guanidine groups is 1. The molecule has 3 aromatic rings. The Kier molecular flexibility index (Phi) is 40.8. The van der Waals surface area contributed by atoms with Crippen LogP contribution < -0.4 is 119 Å². The van der Waals surface area contributed by atoms with E-state index in [2.05, 4.69) is 79.4 Å². The molecule has 0 unspecified atom stereocenters. The van der Waals surface area contributed by atoms with Gasteiger partial charge < -0.3 is 129 Å². The van der Waals surface area contributed by atoms with E-state index in [-0.39, 0.29) is 109 Å². The smallest absolute Gasteiger partial charge is 0.246 e. The number of unbranched alkanes of at least 4 members (excludes halogenated alkanes) is 2. The number of hydrogen-bond acceptors (Lipinski definition) is 23. The van der Waals surface area contributed by atoms with E-state index in [0.29, 0.717) is 27.8 Å². The predicted molar refractivity (Wildman–Crippen MR) is 419 cm³/mol. The minimum atomic E-state index is -2.01. The van der Waals surface area contributed by atoms with Crippen LogP contribution in [0.3, 0.4) is 0 Å². The fraction of sp³-hybridized carbons (Fsp3) is 0.556. The van der Waals surface area contributed by atoms with Gasteiger partial charge in [-0.2, -0.15) is 11.8 Å². The number of amides is 17. The lowest BCUT2D eigenvalue weighted by Crippen LogP contribution is -2.64. The van der Waals surface area contributed by atoms with Crippen LogP contribution in [0.15, 0.2) is 54.7 Å². The summed E-state index contributed by atoms with van der Waals surface area (Å²) in [6.45, 7) is 4.59. The fourth-order valence-corrected chi connectivity index (χ4v) is 12.9. The van der Waals surface area contributed by atoms with Crippen molar-refractivity contribution in [2.24, 2.45) is 40.1 Å². The van der Waals surface area contributed by atoms with Crippen molar-refractivity contribution >= 4 is 129 Å². The zero-order chi connectivity index (χ0) is 85.5.